The number of piperazine rings is 1. The van der Waals surface area contributed by atoms with E-state index in [-0.39, 0.29) is 22.4 Å². The van der Waals surface area contributed by atoms with Crippen LogP contribution >= 0.6 is 11.3 Å². The van der Waals surface area contributed by atoms with Gasteiger partial charge in [0.15, 0.2) is 5.13 Å². The summed E-state index contributed by atoms with van der Waals surface area (Å²) in [5.41, 5.74) is 7.02. The normalized spacial score (nSPS) is 12.8. The molecule has 1 aliphatic rings. The first-order valence-corrected chi connectivity index (χ1v) is 9.82. The molecule has 1 amide bonds. The van der Waals surface area contributed by atoms with Crippen molar-refractivity contribution < 1.29 is 41.1 Å². The van der Waals surface area contributed by atoms with Crippen molar-refractivity contribution in [3.8, 4) is 0 Å². The van der Waals surface area contributed by atoms with E-state index in [1.807, 2.05) is 12.1 Å². The summed E-state index contributed by atoms with van der Waals surface area (Å²) in [5, 5.41) is 21.5. The van der Waals surface area contributed by atoms with Crippen LogP contribution in [0.1, 0.15) is 23.5 Å². The molecule has 0 bridgehead atoms. The Kier molecular flexibility index (Phi) is 13.1. The van der Waals surface area contributed by atoms with Gasteiger partial charge in [-0.25, -0.2) is 4.98 Å². The number of carbonyl (C=O) groups excluding carboxylic acids is 3. The van der Waals surface area contributed by atoms with Gasteiger partial charge in [-0.1, -0.05) is 23.5 Å². The zero-order chi connectivity index (χ0) is 22.7. The molecule has 12 heteroatoms. The molecule has 0 aliphatic carbocycles. The van der Waals surface area contributed by atoms with E-state index in [1.54, 1.807) is 18.3 Å². The van der Waals surface area contributed by atoms with Crippen LogP contribution in [0, 0.1) is 0 Å². The molecule has 1 aliphatic heterocycles. The van der Waals surface area contributed by atoms with E-state index >= 15 is 0 Å². The fraction of sp³-hybridized carbons (Fsp3) is 0.368. The first-order chi connectivity index (χ1) is 14.1. The summed E-state index contributed by atoms with van der Waals surface area (Å²) < 4.78 is 0. The topological polar surface area (TPSA) is 155 Å². The summed E-state index contributed by atoms with van der Waals surface area (Å²) in [7, 11) is 2.11. The third-order valence-electron chi connectivity index (χ3n) is 3.70. The molecule has 0 atom stereocenters. The molecule has 2 heterocycles. The van der Waals surface area contributed by atoms with Crippen molar-refractivity contribution in [2.24, 2.45) is 0 Å². The van der Waals surface area contributed by atoms with E-state index < -0.39 is 11.9 Å². The molecule has 1 fully saturated rings. The van der Waals surface area contributed by atoms with Gasteiger partial charge < -0.3 is 40.7 Å². The molecule has 0 spiro atoms. The van der Waals surface area contributed by atoms with E-state index in [2.05, 4.69) is 27.1 Å². The monoisotopic (exact) mass is 493 g/mol. The third kappa shape index (κ3) is 11.3. The number of aromatic nitrogens is 1. The SMILES string of the molecule is CC(=O)[O-].CC(=O)[O-].CN1CCN(c2ncc(C(=O)Nc3ccccc3N)s2)CC1.[Ni+2]. The Morgan fingerprint density at radius 2 is 1.58 bits per heavy atom. The number of carboxylic acid groups (broad SMARTS) is 2. The molecule has 1 aromatic heterocycles. The van der Waals surface area contributed by atoms with E-state index in [1.165, 1.54) is 11.3 Å². The largest absolute Gasteiger partial charge is 2.00 e. The number of carboxylic acids is 2. The maximum Gasteiger partial charge on any atom is 2.00 e. The van der Waals surface area contributed by atoms with Gasteiger partial charge in [-0.3, -0.25) is 4.79 Å². The minimum absolute atomic E-state index is 0. The van der Waals surface area contributed by atoms with Crippen molar-refractivity contribution in [2.75, 3.05) is 49.2 Å². The second-order valence-corrected chi connectivity index (χ2v) is 7.33. The zero-order valence-electron chi connectivity index (χ0n) is 17.4. The smallest absolute Gasteiger partial charge is 0.550 e. The average Bonchev–Trinajstić information content (AvgIpc) is 3.13. The number of nitrogen functional groups attached to an aromatic ring is 1. The molecule has 2 aromatic rings. The summed E-state index contributed by atoms with van der Waals surface area (Å²) in [6.07, 6.45) is 1.63. The number of likely N-dealkylation sites (N-methyl/N-ethyl adjacent to an activating group) is 1. The number of hydrogen-bond donors (Lipinski definition) is 2. The molecule has 31 heavy (non-hydrogen) atoms. The Bertz CT molecular complexity index is 836. The van der Waals surface area contributed by atoms with Crippen LogP contribution in [0.15, 0.2) is 30.5 Å². The number of anilines is 3. The predicted molar refractivity (Wildman–Crippen MR) is 112 cm³/mol. The predicted octanol–water partition coefficient (Wildman–Crippen LogP) is -0.761. The van der Waals surface area contributed by atoms with Gasteiger partial charge in [0, 0.05) is 38.1 Å². The van der Waals surface area contributed by atoms with Crippen LogP contribution in [0.2, 0.25) is 0 Å². The number of aliphatic carboxylic acids is 2. The molecule has 3 N–H and O–H groups in total. The molecular weight excluding hydrogens is 469 g/mol. The fourth-order valence-electron chi connectivity index (χ4n) is 2.31. The summed E-state index contributed by atoms with van der Waals surface area (Å²) in [5.74, 6) is -2.34. The van der Waals surface area contributed by atoms with Crippen molar-refractivity contribution in [1.82, 2.24) is 9.88 Å². The van der Waals surface area contributed by atoms with Gasteiger partial charge in [-0.05, 0) is 33.0 Å². The number of hydrogen-bond acceptors (Lipinski definition) is 10. The van der Waals surface area contributed by atoms with Crippen LogP contribution in [0.3, 0.4) is 0 Å². The molecule has 1 saturated heterocycles. The van der Waals surface area contributed by atoms with Crippen LogP contribution in [-0.2, 0) is 26.1 Å². The van der Waals surface area contributed by atoms with Crippen molar-refractivity contribution in [1.29, 1.82) is 0 Å². The number of carbonyl (C=O) groups is 3. The Hall–Kier alpha value is -2.69. The summed E-state index contributed by atoms with van der Waals surface area (Å²) in [6.45, 7) is 5.86. The van der Waals surface area contributed by atoms with E-state index in [0.717, 1.165) is 45.2 Å². The van der Waals surface area contributed by atoms with Gasteiger partial charge in [0.2, 0.25) is 0 Å². The van der Waals surface area contributed by atoms with Gasteiger partial charge in [-0.15, -0.1) is 0 Å². The van der Waals surface area contributed by atoms with Crippen LogP contribution in [0.4, 0.5) is 16.5 Å². The second kappa shape index (κ2) is 14.3. The molecule has 1 aromatic carbocycles. The van der Waals surface area contributed by atoms with Crippen LogP contribution < -0.4 is 26.2 Å². The number of nitrogens with two attached hydrogens (primary N) is 1. The van der Waals surface area contributed by atoms with Gasteiger partial charge in [0.05, 0.1) is 17.6 Å². The third-order valence-corrected chi connectivity index (χ3v) is 4.76. The second-order valence-electron chi connectivity index (χ2n) is 6.32. The molecule has 10 nitrogen and oxygen atoms in total. The minimum atomic E-state index is -1.08. The van der Waals surface area contributed by atoms with Gasteiger partial charge in [0.25, 0.3) is 5.91 Å². The molecule has 0 saturated carbocycles. The van der Waals surface area contributed by atoms with E-state index in [0.29, 0.717) is 16.3 Å². The van der Waals surface area contributed by atoms with E-state index in [4.69, 9.17) is 25.5 Å². The van der Waals surface area contributed by atoms with Crippen molar-refractivity contribution in [3.63, 3.8) is 0 Å². The number of nitrogens with one attached hydrogen (secondary N) is 1. The van der Waals surface area contributed by atoms with Gasteiger partial charge in [-0.2, -0.15) is 0 Å². The maximum absolute atomic E-state index is 12.3. The van der Waals surface area contributed by atoms with Gasteiger partial charge >= 0.3 is 16.5 Å². The summed E-state index contributed by atoms with van der Waals surface area (Å²) in [4.78, 5) is 39.6. The number of thiazole rings is 1. The number of rotatable bonds is 3. The standard InChI is InChI=1S/C15H19N5OS.2C2H4O2.Ni/c1-19-6-8-20(9-7-19)15-17-10-13(22-15)14(21)18-12-5-3-2-4-11(12)16;2*1-2(3)4;/h2-5,10H,6-9,16H2,1H3,(H,18,21);2*1H3,(H,3,4);/q;;;+2/p-2. The molecule has 0 radical (unpaired) electrons. The number of benzene rings is 1. The first kappa shape index (κ1) is 28.3. The maximum atomic E-state index is 12.3. The molecule has 0 unspecified atom stereocenters. The Balaban J connectivity index is 0.000000867. The van der Waals surface area contributed by atoms with Crippen LogP contribution in [0.25, 0.3) is 0 Å². The van der Waals surface area contributed by atoms with Gasteiger partial charge in [0.1, 0.15) is 4.88 Å². The van der Waals surface area contributed by atoms with Crippen LogP contribution in [0.5, 0.6) is 0 Å². The molecular formula is C19H25N5NiO5S. The Morgan fingerprint density at radius 3 is 2.10 bits per heavy atom. The Morgan fingerprint density at radius 1 is 1.06 bits per heavy atom. The van der Waals surface area contributed by atoms with Crippen molar-refractivity contribution in [3.05, 3.63) is 35.3 Å². The molecule has 172 valence electrons. The van der Waals surface area contributed by atoms with E-state index in [9.17, 15) is 4.79 Å². The first-order valence-electron chi connectivity index (χ1n) is 9.00. The Labute approximate surface area is 195 Å². The van der Waals surface area contributed by atoms with Crippen LogP contribution in [-0.4, -0.2) is 61.0 Å². The summed E-state index contributed by atoms with van der Waals surface area (Å²) >= 11 is 1.42. The zero-order valence-corrected chi connectivity index (χ0v) is 19.2. The fourth-order valence-corrected chi connectivity index (χ4v) is 3.17. The molecule has 3 rings (SSSR count). The summed E-state index contributed by atoms with van der Waals surface area (Å²) in [6, 6.07) is 7.23. The quantitative estimate of drug-likeness (QED) is 0.414. The van der Waals surface area contributed by atoms with Crippen molar-refractivity contribution in [2.45, 2.75) is 13.8 Å². The number of amides is 1. The van der Waals surface area contributed by atoms with Crippen molar-refractivity contribution >= 4 is 45.7 Å². The number of para-hydroxylation sites is 2. The minimum Gasteiger partial charge on any atom is -0.550 e. The average molecular weight is 494 g/mol. The number of nitrogens with zero attached hydrogens (tertiary/aromatic N) is 3.